The highest BCUT2D eigenvalue weighted by atomic mass is 16.5. The molecule has 148 valence electrons. The highest BCUT2D eigenvalue weighted by Gasteiger charge is 2.28. The molecule has 6 heteroatoms. The summed E-state index contributed by atoms with van der Waals surface area (Å²) >= 11 is 0. The zero-order valence-corrected chi connectivity index (χ0v) is 16.7. The molecule has 6 nitrogen and oxygen atoms in total. The van der Waals surface area contributed by atoms with Gasteiger partial charge in [-0.25, -0.2) is 0 Å². The Balaban J connectivity index is 1.36. The molecule has 0 N–H and O–H groups in total. The Labute approximate surface area is 170 Å². The number of ether oxygens (including phenoxy) is 1. The van der Waals surface area contributed by atoms with Crippen LogP contribution in [0.15, 0.2) is 66.7 Å². The fraction of sp³-hybridized carbons (Fsp3) is 0.261. The minimum absolute atomic E-state index is 0.0322. The number of aromatic nitrogens is 2. The smallest absolute Gasteiger partial charge is 0.253 e. The van der Waals surface area contributed by atoms with E-state index in [0.717, 1.165) is 23.4 Å². The molecule has 0 spiro atoms. The summed E-state index contributed by atoms with van der Waals surface area (Å²) < 4.78 is 5.92. The lowest BCUT2D eigenvalue weighted by molar-refractivity contribution is 0.0771. The lowest BCUT2D eigenvalue weighted by Gasteiger charge is -2.17. The van der Waals surface area contributed by atoms with Crippen LogP contribution in [-0.4, -0.2) is 54.3 Å². The van der Waals surface area contributed by atoms with E-state index in [2.05, 4.69) is 22.3 Å². The second-order valence-electron chi connectivity index (χ2n) is 7.35. The van der Waals surface area contributed by atoms with Gasteiger partial charge in [0.05, 0.1) is 6.54 Å². The van der Waals surface area contributed by atoms with Crippen LogP contribution in [-0.2, 0) is 0 Å². The van der Waals surface area contributed by atoms with Gasteiger partial charge in [0, 0.05) is 38.7 Å². The number of hydrogen-bond acceptors (Lipinski definition) is 5. The molecule has 29 heavy (non-hydrogen) atoms. The van der Waals surface area contributed by atoms with Crippen LogP contribution in [0.2, 0.25) is 0 Å². The van der Waals surface area contributed by atoms with Gasteiger partial charge < -0.3 is 14.5 Å². The van der Waals surface area contributed by atoms with Crippen molar-refractivity contribution >= 4 is 11.7 Å². The van der Waals surface area contributed by atoms with Crippen LogP contribution in [0.25, 0.3) is 11.1 Å². The maximum atomic E-state index is 12.8. The maximum Gasteiger partial charge on any atom is 0.253 e. The van der Waals surface area contributed by atoms with Crippen molar-refractivity contribution in [2.75, 3.05) is 32.1 Å². The SMILES string of the molecule is CN(C)c1ccc(OC2CCN(C(=O)c3ccc(-c4ccccc4)cc3)C2)nn1. The third-order valence-electron chi connectivity index (χ3n) is 5.04. The Hall–Kier alpha value is -3.41. The number of anilines is 1. The van der Waals surface area contributed by atoms with Crippen molar-refractivity contribution in [2.45, 2.75) is 12.5 Å². The van der Waals surface area contributed by atoms with Crippen LogP contribution in [0.1, 0.15) is 16.8 Å². The summed E-state index contributed by atoms with van der Waals surface area (Å²) in [6.45, 7) is 1.23. The number of nitrogens with zero attached hydrogens (tertiary/aromatic N) is 4. The van der Waals surface area contributed by atoms with Crippen molar-refractivity contribution in [1.29, 1.82) is 0 Å². The van der Waals surface area contributed by atoms with Crippen molar-refractivity contribution in [3.8, 4) is 17.0 Å². The molecule has 1 aliphatic heterocycles. The van der Waals surface area contributed by atoms with E-state index in [1.165, 1.54) is 0 Å². The molecule has 1 aromatic heterocycles. The summed E-state index contributed by atoms with van der Waals surface area (Å²) in [6, 6.07) is 21.6. The third-order valence-corrected chi connectivity index (χ3v) is 5.04. The van der Waals surface area contributed by atoms with E-state index in [9.17, 15) is 4.79 Å². The van der Waals surface area contributed by atoms with Crippen LogP contribution in [0.5, 0.6) is 5.88 Å². The van der Waals surface area contributed by atoms with Crippen molar-refractivity contribution in [3.05, 3.63) is 72.3 Å². The Kier molecular flexibility index (Phi) is 5.42. The van der Waals surface area contributed by atoms with Crippen LogP contribution in [0.4, 0.5) is 5.82 Å². The molecule has 0 saturated carbocycles. The quantitative estimate of drug-likeness (QED) is 0.670. The molecule has 1 unspecified atom stereocenters. The van der Waals surface area contributed by atoms with Gasteiger partial charge in [-0.15, -0.1) is 10.2 Å². The van der Waals surface area contributed by atoms with Gasteiger partial charge in [-0.3, -0.25) is 4.79 Å². The predicted molar refractivity (Wildman–Crippen MR) is 113 cm³/mol. The summed E-state index contributed by atoms with van der Waals surface area (Å²) in [4.78, 5) is 16.6. The first kappa shape index (κ1) is 18.9. The number of hydrogen-bond donors (Lipinski definition) is 0. The zero-order chi connectivity index (χ0) is 20.2. The normalized spacial score (nSPS) is 15.9. The minimum Gasteiger partial charge on any atom is -0.471 e. The van der Waals surface area contributed by atoms with Gasteiger partial charge >= 0.3 is 0 Å². The van der Waals surface area contributed by atoms with Crippen LogP contribution < -0.4 is 9.64 Å². The van der Waals surface area contributed by atoms with Gasteiger partial charge in [0.2, 0.25) is 5.88 Å². The number of likely N-dealkylation sites (tertiary alicyclic amines) is 1. The molecule has 1 aliphatic rings. The van der Waals surface area contributed by atoms with Crippen molar-refractivity contribution in [1.82, 2.24) is 15.1 Å². The molecule has 1 saturated heterocycles. The molecule has 3 aromatic rings. The fourth-order valence-corrected chi connectivity index (χ4v) is 3.41. The number of amides is 1. The number of carbonyl (C=O) groups is 1. The first-order valence-corrected chi connectivity index (χ1v) is 9.72. The zero-order valence-electron chi connectivity index (χ0n) is 16.7. The molecule has 1 amide bonds. The molecular weight excluding hydrogens is 364 g/mol. The van der Waals surface area contributed by atoms with E-state index in [1.54, 1.807) is 0 Å². The molecule has 1 fully saturated rings. The predicted octanol–water partition coefficient (Wildman–Crippen LogP) is 3.50. The summed E-state index contributed by atoms with van der Waals surface area (Å²) in [5.41, 5.74) is 2.94. The molecule has 0 aliphatic carbocycles. The number of benzene rings is 2. The lowest BCUT2D eigenvalue weighted by Crippen LogP contribution is -2.31. The van der Waals surface area contributed by atoms with Crippen molar-refractivity contribution in [3.63, 3.8) is 0 Å². The summed E-state index contributed by atoms with van der Waals surface area (Å²) in [5, 5.41) is 8.24. The van der Waals surface area contributed by atoms with Gasteiger partial charge in [-0.05, 0) is 29.3 Å². The number of carbonyl (C=O) groups excluding carboxylic acids is 1. The summed E-state index contributed by atoms with van der Waals surface area (Å²) in [7, 11) is 3.83. The Morgan fingerprint density at radius 1 is 0.966 bits per heavy atom. The van der Waals surface area contributed by atoms with Crippen LogP contribution in [0.3, 0.4) is 0 Å². The van der Waals surface area contributed by atoms with Gasteiger partial charge in [0.25, 0.3) is 5.91 Å². The topological polar surface area (TPSA) is 58.6 Å². The van der Waals surface area contributed by atoms with Crippen LogP contribution >= 0.6 is 0 Å². The second-order valence-corrected chi connectivity index (χ2v) is 7.35. The molecule has 0 radical (unpaired) electrons. The maximum absolute atomic E-state index is 12.8. The summed E-state index contributed by atoms with van der Waals surface area (Å²) in [6.07, 6.45) is 0.715. The Bertz CT molecular complexity index is 956. The van der Waals surface area contributed by atoms with E-state index in [4.69, 9.17) is 4.74 Å². The van der Waals surface area contributed by atoms with Gasteiger partial charge in [-0.1, -0.05) is 42.5 Å². The first-order valence-electron chi connectivity index (χ1n) is 9.72. The Morgan fingerprint density at radius 2 is 1.69 bits per heavy atom. The minimum atomic E-state index is -0.0675. The van der Waals surface area contributed by atoms with Crippen molar-refractivity contribution in [2.24, 2.45) is 0 Å². The average molecular weight is 388 g/mol. The monoisotopic (exact) mass is 388 g/mol. The molecule has 2 aromatic carbocycles. The molecule has 0 bridgehead atoms. The van der Waals surface area contributed by atoms with Gasteiger partial charge in [0.1, 0.15) is 6.10 Å². The standard InChI is InChI=1S/C23H24N4O2/c1-26(2)21-12-13-22(25-24-21)29-20-14-15-27(16-20)23(28)19-10-8-18(9-11-19)17-6-4-3-5-7-17/h3-13,20H,14-16H2,1-2H3. The molecule has 2 heterocycles. The molecule has 4 rings (SSSR count). The largest absolute Gasteiger partial charge is 0.471 e. The van der Waals surface area contributed by atoms with E-state index in [1.807, 2.05) is 78.5 Å². The average Bonchev–Trinajstić information content (AvgIpc) is 3.23. The fourth-order valence-electron chi connectivity index (χ4n) is 3.41. The lowest BCUT2D eigenvalue weighted by atomic mass is 10.0. The highest BCUT2D eigenvalue weighted by Crippen LogP contribution is 2.22. The van der Waals surface area contributed by atoms with E-state index >= 15 is 0 Å². The van der Waals surface area contributed by atoms with Crippen molar-refractivity contribution < 1.29 is 9.53 Å². The highest BCUT2D eigenvalue weighted by molar-refractivity contribution is 5.95. The first-order chi connectivity index (χ1) is 14.1. The number of rotatable bonds is 5. The second kappa shape index (κ2) is 8.31. The van der Waals surface area contributed by atoms with E-state index in [0.29, 0.717) is 24.5 Å². The Morgan fingerprint density at radius 3 is 2.34 bits per heavy atom. The van der Waals surface area contributed by atoms with Gasteiger partial charge in [-0.2, -0.15) is 0 Å². The van der Waals surface area contributed by atoms with Gasteiger partial charge in [0.15, 0.2) is 5.82 Å². The molecule has 1 atom stereocenters. The molecular formula is C23H24N4O2. The van der Waals surface area contributed by atoms with E-state index in [-0.39, 0.29) is 12.0 Å². The third kappa shape index (κ3) is 4.37. The van der Waals surface area contributed by atoms with E-state index < -0.39 is 0 Å². The summed E-state index contributed by atoms with van der Waals surface area (Å²) in [5.74, 6) is 1.30. The van der Waals surface area contributed by atoms with Crippen LogP contribution in [0, 0.1) is 0 Å².